The number of methoxy groups -OCH3 is 1. The molecule has 0 radical (unpaired) electrons. The van der Waals surface area contributed by atoms with Crippen molar-refractivity contribution < 1.29 is 19.1 Å². The second-order valence-electron chi connectivity index (χ2n) is 5.00. The molecule has 1 aromatic rings. The maximum atomic E-state index is 11.0. The lowest BCUT2D eigenvalue weighted by molar-refractivity contribution is -0.385. The molecule has 96 valence electrons. The number of hydrogen-bond donors (Lipinski definition) is 0. The van der Waals surface area contributed by atoms with Crippen LogP contribution in [0.15, 0.2) is 12.1 Å². The van der Waals surface area contributed by atoms with Crippen molar-refractivity contribution in [3.63, 3.8) is 0 Å². The van der Waals surface area contributed by atoms with Gasteiger partial charge in [0.15, 0.2) is 5.75 Å². The minimum atomic E-state index is -0.477. The predicted octanol–water partition coefficient (Wildman–Crippen LogP) is 2.21. The summed E-state index contributed by atoms with van der Waals surface area (Å²) in [5.74, 6) is 0.738. The summed E-state index contributed by atoms with van der Waals surface area (Å²) in [6, 6.07) is 3.04. The van der Waals surface area contributed by atoms with Crippen molar-refractivity contribution in [1.29, 1.82) is 0 Å². The van der Waals surface area contributed by atoms with E-state index in [0.717, 1.165) is 5.56 Å². The van der Waals surface area contributed by atoms with E-state index in [1.165, 1.54) is 13.2 Å². The highest BCUT2D eigenvalue weighted by Crippen LogP contribution is 2.55. The Morgan fingerprint density at radius 1 is 1.44 bits per heavy atom. The Kier molecular flexibility index (Phi) is 2.10. The summed E-state index contributed by atoms with van der Waals surface area (Å²) >= 11 is 0. The van der Waals surface area contributed by atoms with Gasteiger partial charge in [-0.25, -0.2) is 0 Å². The summed E-state index contributed by atoms with van der Waals surface area (Å²) in [5, 5.41) is 11.0. The quantitative estimate of drug-likeness (QED) is 0.457. The maximum absolute atomic E-state index is 11.0. The number of fused-ring (bicyclic) bond motifs is 3. The molecule has 0 N–H and O–H groups in total. The van der Waals surface area contributed by atoms with Crippen LogP contribution in [0.25, 0.3) is 0 Å². The monoisotopic (exact) mass is 251 g/mol. The number of rotatable bonds is 2. The lowest BCUT2D eigenvalue weighted by Crippen LogP contribution is -2.37. The lowest BCUT2D eigenvalue weighted by atomic mass is 9.94. The molecule has 0 aliphatic carbocycles. The van der Waals surface area contributed by atoms with E-state index < -0.39 is 10.5 Å². The molecule has 0 bridgehead atoms. The highest BCUT2D eigenvalue weighted by molar-refractivity contribution is 5.57. The zero-order valence-electron chi connectivity index (χ0n) is 10.3. The smallest absolute Gasteiger partial charge is 0.314 e. The molecule has 2 aliphatic heterocycles. The zero-order chi connectivity index (χ0) is 13.1. The average molecular weight is 251 g/mol. The number of nitro benzene ring substituents is 1. The number of ether oxygens (including phenoxy) is 3. The molecule has 1 aromatic carbocycles. The Morgan fingerprint density at radius 2 is 2.17 bits per heavy atom. The summed E-state index contributed by atoms with van der Waals surface area (Å²) in [5.41, 5.74) is 0.271. The van der Waals surface area contributed by atoms with Gasteiger partial charge >= 0.3 is 5.69 Å². The molecule has 1 fully saturated rings. The third-order valence-electron chi connectivity index (χ3n) is 3.36. The van der Waals surface area contributed by atoms with Crippen LogP contribution in [0.3, 0.4) is 0 Å². The van der Waals surface area contributed by atoms with Crippen molar-refractivity contribution in [2.45, 2.75) is 31.7 Å². The lowest BCUT2D eigenvalue weighted by Gasteiger charge is -2.29. The summed E-state index contributed by atoms with van der Waals surface area (Å²) in [4.78, 5) is 10.5. The second-order valence-corrected chi connectivity index (χ2v) is 5.00. The molecular weight excluding hydrogens is 238 g/mol. The Bertz CT molecular complexity index is 540. The van der Waals surface area contributed by atoms with E-state index in [1.54, 1.807) is 6.07 Å². The van der Waals surface area contributed by atoms with Crippen LogP contribution in [-0.4, -0.2) is 23.7 Å². The molecular formula is C12H13NO5. The number of nitro groups is 1. The standard InChI is InChI=1S/C12H13NO5/c1-12(2)11-10(17-11)6-4-9(16-3)7(13(14)15)5-8(6)18-12/h4-5,10-11H,1-3H3/t10-,11?/m1/s1. The van der Waals surface area contributed by atoms with Crippen molar-refractivity contribution in [3.8, 4) is 11.5 Å². The predicted molar refractivity (Wildman–Crippen MR) is 62.0 cm³/mol. The molecule has 6 nitrogen and oxygen atoms in total. The highest BCUT2D eigenvalue weighted by Gasteiger charge is 2.57. The van der Waals surface area contributed by atoms with E-state index in [0.29, 0.717) is 5.75 Å². The van der Waals surface area contributed by atoms with Gasteiger partial charge in [-0.05, 0) is 19.9 Å². The third kappa shape index (κ3) is 1.45. The first-order valence-corrected chi connectivity index (χ1v) is 5.65. The van der Waals surface area contributed by atoms with Crippen LogP contribution >= 0.6 is 0 Å². The average Bonchev–Trinajstić information content (AvgIpc) is 3.08. The minimum absolute atomic E-state index is 0.0103. The molecule has 2 atom stereocenters. The molecule has 1 saturated heterocycles. The SMILES string of the molecule is COc1cc2c(cc1[N+](=O)[O-])OC(C)(C)C1O[C@H]21. The van der Waals surface area contributed by atoms with E-state index in [4.69, 9.17) is 14.2 Å². The van der Waals surface area contributed by atoms with Gasteiger partial charge in [0.25, 0.3) is 0 Å². The molecule has 0 spiro atoms. The van der Waals surface area contributed by atoms with Gasteiger partial charge in [-0.2, -0.15) is 0 Å². The molecule has 2 aliphatic rings. The van der Waals surface area contributed by atoms with Crippen molar-refractivity contribution >= 4 is 5.69 Å². The third-order valence-corrected chi connectivity index (χ3v) is 3.36. The van der Waals surface area contributed by atoms with Gasteiger partial charge in [0.2, 0.25) is 0 Å². The van der Waals surface area contributed by atoms with Crippen LogP contribution < -0.4 is 9.47 Å². The maximum Gasteiger partial charge on any atom is 0.314 e. The fourth-order valence-corrected chi connectivity index (χ4v) is 2.40. The van der Waals surface area contributed by atoms with Gasteiger partial charge in [0.1, 0.15) is 23.6 Å². The Balaban J connectivity index is 2.12. The van der Waals surface area contributed by atoms with Crippen LogP contribution in [0, 0.1) is 10.1 Å². The minimum Gasteiger partial charge on any atom is -0.490 e. The normalized spacial score (nSPS) is 26.6. The summed E-state index contributed by atoms with van der Waals surface area (Å²) in [7, 11) is 1.41. The van der Waals surface area contributed by atoms with Gasteiger partial charge < -0.3 is 14.2 Å². The van der Waals surface area contributed by atoms with Crippen LogP contribution in [0.5, 0.6) is 11.5 Å². The Labute approximate surface area is 104 Å². The Hall–Kier alpha value is -1.82. The molecule has 3 rings (SSSR count). The fraction of sp³-hybridized carbons (Fsp3) is 0.500. The highest BCUT2D eigenvalue weighted by atomic mass is 16.6. The Morgan fingerprint density at radius 3 is 2.78 bits per heavy atom. The molecule has 1 unspecified atom stereocenters. The van der Waals surface area contributed by atoms with E-state index in [2.05, 4.69) is 0 Å². The first-order valence-electron chi connectivity index (χ1n) is 5.65. The van der Waals surface area contributed by atoms with Gasteiger partial charge in [0.05, 0.1) is 18.1 Å². The largest absolute Gasteiger partial charge is 0.490 e. The van der Waals surface area contributed by atoms with Crippen LogP contribution in [0.4, 0.5) is 5.69 Å². The van der Waals surface area contributed by atoms with Gasteiger partial charge in [0, 0.05) is 5.56 Å². The van der Waals surface area contributed by atoms with E-state index >= 15 is 0 Å². The van der Waals surface area contributed by atoms with Crippen LogP contribution in [-0.2, 0) is 4.74 Å². The van der Waals surface area contributed by atoms with Gasteiger partial charge in [-0.15, -0.1) is 0 Å². The summed E-state index contributed by atoms with van der Waals surface area (Å²) in [6.07, 6.45) is -0.0328. The molecule has 2 heterocycles. The van der Waals surface area contributed by atoms with Gasteiger partial charge in [-0.1, -0.05) is 0 Å². The first kappa shape index (κ1) is 11.3. The number of nitrogens with zero attached hydrogens (tertiary/aromatic N) is 1. The van der Waals surface area contributed by atoms with Crippen molar-refractivity contribution in [2.75, 3.05) is 7.11 Å². The van der Waals surface area contributed by atoms with Crippen LogP contribution in [0.2, 0.25) is 0 Å². The number of benzene rings is 1. The fourth-order valence-electron chi connectivity index (χ4n) is 2.40. The molecule has 18 heavy (non-hydrogen) atoms. The van der Waals surface area contributed by atoms with Crippen molar-refractivity contribution in [3.05, 3.63) is 27.8 Å². The zero-order valence-corrected chi connectivity index (χ0v) is 10.3. The van der Waals surface area contributed by atoms with Gasteiger partial charge in [-0.3, -0.25) is 10.1 Å². The number of epoxide rings is 1. The molecule has 6 heteroatoms. The van der Waals surface area contributed by atoms with E-state index in [-0.39, 0.29) is 23.6 Å². The van der Waals surface area contributed by atoms with Crippen molar-refractivity contribution in [1.82, 2.24) is 0 Å². The first-order chi connectivity index (χ1) is 8.44. The van der Waals surface area contributed by atoms with Crippen molar-refractivity contribution in [2.24, 2.45) is 0 Å². The second kappa shape index (κ2) is 3.35. The molecule has 0 aromatic heterocycles. The van der Waals surface area contributed by atoms with E-state index in [1.807, 2.05) is 13.8 Å². The molecule has 0 amide bonds. The molecule has 0 saturated carbocycles. The topological polar surface area (TPSA) is 74.1 Å². The summed E-state index contributed by atoms with van der Waals surface area (Å²) in [6.45, 7) is 3.83. The number of hydrogen-bond acceptors (Lipinski definition) is 5. The summed E-state index contributed by atoms with van der Waals surface area (Å²) < 4.78 is 16.4. The van der Waals surface area contributed by atoms with E-state index in [9.17, 15) is 10.1 Å². The van der Waals surface area contributed by atoms with Crippen LogP contribution in [0.1, 0.15) is 25.5 Å².